The number of rotatable bonds is 4. The lowest BCUT2D eigenvalue weighted by Crippen LogP contribution is -2.49. The van der Waals surface area contributed by atoms with Crippen LogP contribution in [0.1, 0.15) is 55.5 Å². The van der Waals surface area contributed by atoms with Crippen LogP contribution in [0.15, 0.2) is 36.7 Å². The number of imidazole rings is 1. The van der Waals surface area contributed by atoms with Gasteiger partial charge in [-0.3, -0.25) is 0 Å². The summed E-state index contributed by atoms with van der Waals surface area (Å²) in [6.45, 7) is 1.55. The SMILES string of the molecule is NCc1ccc(Cn2ccnc2C23CC4CC(CC(C4)C2)C3)cc1. The van der Waals surface area contributed by atoms with Crippen molar-refractivity contribution in [1.82, 2.24) is 9.55 Å². The minimum Gasteiger partial charge on any atom is -0.330 e. The molecule has 4 bridgehead atoms. The maximum absolute atomic E-state index is 5.71. The van der Waals surface area contributed by atoms with Gasteiger partial charge in [-0.15, -0.1) is 0 Å². The fourth-order valence-electron chi connectivity index (χ4n) is 6.26. The fourth-order valence-corrected chi connectivity index (χ4v) is 6.26. The Hall–Kier alpha value is -1.61. The molecule has 2 aromatic rings. The van der Waals surface area contributed by atoms with Crippen molar-refractivity contribution in [3.05, 3.63) is 53.6 Å². The summed E-state index contributed by atoms with van der Waals surface area (Å²) < 4.78 is 2.42. The van der Waals surface area contributed by atoms with E-state index in [2.05, 4.69) is 35.0 Å². The van der Waals surface area contributed by atoms with Crippen molar-refractivity contribution in [2.75, 3.05) is 0 Å². The zero-order valence-electron chi connectivity index (χ0n) is 14.3. The highest BCUT2D eigenvalue weighted by Crippen LogP contribution is 2.60. The highest BCUT2D eigenvalue weighted by molar-refractivity contribution is 5.24. The fraction of sp³-hybridized carbons (Fsp3) is 0.571. The summed E-state index contributed by atoms with van der Waals surface area (Å²) >= 11 is 0. The molecule has 1 aromatic carbocycles. The molecule has 0 amide bonds. The van der Waals surface area contributed by atoms with Gasteiger partial charge in [-0.2, -0.15) is 0 Å². The highest BCUT2D eigenvalue weighted by atomic mass is 15.1. The topological polar surface area (TPSA) is 43.8 Å². The van der Waals surface area contributed by atoms with Crippen LogP contribution in [0.25, 0.3) is 0 Å². The Bertz CT molecular complexity index is 693. The van der Waals surface area contributed by atoms with E-state index in [1.807, 2.05) is 6.20 Å². The van der Waals surface area contributed by atoms with Crippen LogP contribution < -0.4 is 5.73 Å². The minimum atomic E-state index is 0.370. The largest absolute Gasteiger partial charge is 0.330 e. The summed E-state index contributed by atoms with van der Waals surface area (Å²) in [5, 5.41) is 0. The van der Waals surface area contributed by atoms with Crippen LogP contribution >= 0.6 is 0 Å². The van der Waals surface area contributed by atoms with Gasteiger partial charge in [0.2, 0.25) is 0 Å². The van der Waals surface area contributed by atoms with E-state index in [1.165, 1.54) is 55.5 Å². The molecule has 0 aliphatic heterocycles. The first-order chi connectivity index (χ1) is 11.7. The summed E-state index contributed by atoms with van der Waals surface area (Å²) in [6, 6.07) is 8.73. The van der Waals surface area contributed by atoms with E-state index >= 15 is 0 Å². The van der Waals surface area contributed by atoms with Crippen molar-refractivity contribution in [2.45, 2.75) is 57.0 Å². The number of hydrogen-bond acceptors (Lipinski definition) is 2. The Morgan fingerprint density at radius 3 is 2.12 bits per heavy atom. The molecule has 24 heavy (non-hydrogen) atoms. The molecule has 3 nitrogen and oxygen atoms in total. The molecule has 4 aliphatic carbocycles. The average molecular weight is 321 g/mol. The van der Waals surface area contributed by atoms with E-state index in [4.69, 9.17) is 10.7 Å². The molecule has 0 spiro atoms. The summed E-state index contributed by atoms with van der Waals surface area (Å²) in [7, 11) is 0. The van der Waals surface area contributed by atoms with Crippen molar-refractivity contribution >= 4 is 0 Å². The minimum absolute atomic E-state index is 0.370. The van der Waals surface area contributed by atoms with Gasteiger partial charge in [-0.05, 0) is 67.4 Å². The second-order valence-electron chi connectivity index (χ2n) is 8.60. The van der Waals surface area contributed by atoms with Crippen molar-refractivity contribution in [2.24, 2.45) is 23.5 Å². The number of aromatic nitrogens is 2. The van der Waals surface area contributed by atoms with Gasteiger partial charge in [0.1, 0.15) is 5.82 Å². The Morgan fingerprint density at radius 1 is 0.958 bits per heavy atom. The first-order valence-corrected chi connectivity index (χ1v) is 9.53. The number of nitrogens with two attached hydrogens (primary N) is 1. The van der Waals surface area contributed by atoms with Crippen molar-refractivity contribution in [1.29, 1.82) is 0 Å². The zero-order valence-corrected chi connectivity index (χ0v) is 14.3. The van der Waals surface area contributed by atoms with Gasteiger partial charge in [0, 0.05) is 30.9 Å². The number of hydrogen-bond donors (Lipinski definition) is 1. The maximum atomic E-state index is 5.71. The maximum Gasteiger partial charge on any atom is 0.115 e. The molecule has 4 aliphatic rings. The second-order valence-corrected chi connectivity index (χ2v) is 8.60. The zero-order chi connectivity index (χ0) is 16.1. The summed E-state index contributed by atoms with van der Waals surface area (Å²) in [5.74, 6) is 4.25. The molecule has 1 aromatic heterocycles. The normalized spacial score (nSPS) is 34.0. The van der Waals surface area contributed by atoms with Crippen LogP contribution in [-0.2, 0) is 18.5 Å². The van der Waals surface area contributed by atoms with Crippen LogP contribution in [0, 0.1) is 17.8 Å². The van der Waals surface area contributed by atoms with Gasteiger partial charge in [0.25, 0.3) is 0 Å². The van der Waals surface area contributed by atoms with Gasteiger partial charge in [0.15, 0.2) is 0 Å². The van der Waals surface area contributed by atoms with E-state index in [-0.39, 0.29) is 0 Å². The highest BCUT2D eigenvalue weighted by Gasteiger charge is 2.53. The van der Waals surface area contributed by atoms with E-state index in [0.717, 1.165) is 24.3 Å². The van der Waals surface area contributed by atoms with Crippen LogP contribution in [0.5, 0.6) is 0 Å². The average Bonchev–Trinajstić information content (AvgIpc) is 3.03. The first-order valence-electron chi connectivity index (χ1n) is 9.53. The molecule has 0 atom stereocenters. The lowest BCUT2D eigenvalue weighted by Gasteiger charge is -2.56. The van der Waals surface area contributed by atoms with Crippen molar-refractivity contribution < 1.29 is 0 Å². The molecule has 4 fully saturated rings. The second kappa shape index (κ2) is 5.45. The smallest absolute Gasteiger partial charge is 0.115 e. The summed E-state index contributed by atoms with van der Waals surface area (Å²) in [4.78, 5) is 4.88. The molecule has 0 saturated heterocycles. The predicted molar refractivity (Wildman–Crippen MR) is 95.5 cm³/mol. The van der Waals surface area contributed by atoms with E-state index in [9.17, 15) is 0 Å². The Morgan fingerprint density at radius 2 is 1.54 bits per heavy atom. The first kappa shape index (κ1) is 14.7. The lowest BCUT2D eigenvalue weighted by atomic mass is 9.49. The van der Waals surface area contributed by atoms with Crippen LogP contribution in [0.2, 0.25) is 0 Å². The van der Waals surface area contributed by atoms with E-state index in [1.54, 1.807) is 0 Å². The lowest BCUT2D eigenvalue weighted by molar-refractivity contribution is -0.0108. The van der Waals surface area contributed by atoms with Gasteiger partial charge in [-0.25, -0.2) is 4.98 Å². The van der Waals surface area contributed by atoms with Gasteiger partial charge in [-0.1, -0.05) is 24.3 Å². The molecule has 2 N–H and O–H groups in total. The van der Waals surface area contributed by atoms with Gasteiger partial charge >= 0.3 is 0 Å². The van der Waals surface area contributed by atoms with E-state index in [0.29, 0.717) is 12.0 Å². The molecule has 0 unspecified atom stereocenters. The molecule has 4 saturated carbocycles. The summed E-state index contributed by atoms with van der Waals surface area (Å²) in [5.41, 5.74) is 8.63. The molecular formula is C21H27N3. The molecule has 3 heteroatoms. The van der Waals surface area contributed by atoms with Crippen molar-refractivity contribution in [3.8, 4) is 0 Å². The third-order valence-electron chi connectivity index (χ3n) is 6.84. The summed E-state index contributed by atoms with van der Waals surface area (Å²) in [6.07, 6.45) is 12.8. The Kier molecular flexibility index (Phi) is 3.34. The molecule has 126 valence electrons. The molecule has 0 radical (unpaired) electrons. The van der Waals surface area contributed by atoms with Crippen LogP contribution in [0.4, 0.5) is 0 Å². The van der Waals surface area contributed by atoms with E-state index < -0.39 is 0 Å². The predicted octanol–water partition coefficient (Wildman–Crippen LogP) is 3.86. The quantitative estimate of drug-likeness (QED) is 0.929. The molecule has 6 rings (SSSR count). The third kappa shape index (κ3) is 2.33. The Labute approximate surface area is 144 Å². The molecular weight excluding hydrogens is 294 g/mol. The standard InChI is InChI=1S/C21H27N3/c22-13-15-1-3-16(4-2-15)14-24-6-5-23-20(24)21-10-17-7-18(11-21)9-19(8-17)12-21/h1-6,17-19H,7-14,22H2. The van der Waals surface area contributed by atoms with Crippen molar-refractivity contribution in [3.63, 3.8) is 0 Å². The van der Waals surface area contributed by atoms with Crippen LogP contribution in [-0.4, -0.2) is 9.55 Å². The monoisotopic (exact) mass is 321 g/mol. The number of nitrogens with zero attached hydrogens (tertiary/aromatic N) is 2. The number of benzene rings is 1. The van der Waals surface area contributed by atoms with Gasteiger partial charge in [0.05, 0.1) is 0 Å². The third-order valence-corrected chi connectivity index (χ3v) is 6.84. The van der Waals surface area contributed by atoms with Crippen LogP contribution in [0.3, 0.4) is 0 Å². The van der Waals surface area contributed by atoms with Gasteiger partial charge < -0.3 is 10.3 Å². The molecule has 1 heterocycles. The Balaban J connectivity index is 1.44.